The van der Waals surface area contributed by atoms with Crippen molar-refractivity contribution in [3.63, 3.8) is 0 Å². The van der Waals surface area contributed by atoms with Crippen LogP contribution in [0, 0.1) is 0 Å². The number of nitrogens with zero attached hydrogens (tertiary/aromatic N) is 4. The summed E-state index contributed by atoms with van der Waals surface area (Å²) in [6.07, 6.45) is 1.59. The van der Waals surface area contributed by atoms with Crippen LogP contribution in [-0.2, 0) is 0 Å². The predicted molar refractivity (Wildman–Crippen MR) is 73.7 cm³/mol. The Hall–Kier alpha value is -2.67. The standard InChI is InChI=1S/C12H7ClN6O/c13-8-4-2-1-3-6(8)10-15-11-7-5-14-17-9(7)16-12(20)19(11)18-10/h1-5H,(H2,14,16,17,20). The highest BCUT2D eigenvalue weighted by Crippen LogP contribution is 2.25. The second-order valence-electron chi connectivity index (χ2n) is 4.24. The first-order valence-electron chi connectivity index (χ1n) is 5.81. The van der Waals surface area contributed by atoms with Crippen LogP contribution in [0.25, 0.3) is 28.1 Å². The Morgan fingerprint density at radius 3 is 2.95 bits per heavy atom. The Morgan fingerprint density at radius 1 is 1.25 bits per heavy atom. The zero-order valence-corrected chi connectivity index (χ0v) is 10.7. The summed E-state index contributed by atoms with van der Waals surface area (Å²) in [5.41, 5.74) is 1.24. The third-order valence-corrected chi connectivity index (χ3v) is 3.36. The fraction of sp³-hybridized carbons (Fsp3) is 0. The highest BCUT2D eigenvalue weighted by Gasteiger charge is 2.14. The molecule has 0 aliphatic rings. The summed E-state index contributed by atoms with van der Waals surface area (Å²) < 4.78 is 1.20. The van der Waals surface area contributed by atoms with E-state index < -0.39 is 0 Å². The van der Waals surface area contributed by atoms with Gasteiger partial charge in [0.15, 0.2) is 11.5 Å². The smallest absolute Gasteiger partial charge is 0.290 e. The molecule has 4 aromatic rings. The van der Waals surface area contributed by atoms with E-state index in [-0.39, 0.29) is 5.69 Å². The van der Waals surface area contributed by atoms with Crippen LogP contribution >= 0.6 is 11.6 Å². The molecule has 98 valence electrons. The van der Waals surface area contributed by atoms with Crippen molar-refractivity contribution < 1.29 is 0 Å². The van der Waals surface area contributed by atoms with Gasteiger partial charge in [0.25, 0.3) is 0 Å². The van der Waals surface area contributed by atoms with E-state index in [9.17, 15) is 4.79 Å². The summed E-state index contributed by atoms with van der Waals surface area (Å²) in [5.74, 6) is 0.398. The minimum Gasteiger partial charge on any atom is -0.290 e. The highest BCUT2D eigenvalue weighted by atomic mass is 35.5. The summed E-state index contributed by atoms with van der Waals surface area (Å²) in [6.45, 7) is 0. The summed E-state index contributed by atoms with van der Waals surface area (Å²) in [5, 5.41) is 12.0. The maximum Gasteiger partial charge on any atom is 0.349 e. The van der Waals surface area contributed by atoms with Gasteiger partial charge in [-0.25, -0.2) is 9.78 Å². The first-order chi connectivity index (χ1) is 9.74. The van der Waals surface area contributed by atoms with Crippen molar-refractivity contribution in [3.05, 3.63) is 46.0 Å². The molecule has 20 heavy (non-hydrogen) atoms. The molecular formula is C12H7ClN6O. The molecule has 0 fully saturated rings. The molecule has 1 aromatic carbocycles. The van der Waals surface area contributed by atoms with Crippen molar-refractivity contribution in [2.24, 2.45) is 0 Å². The molecule has 0 amide bonds. The number of aromatic nitrogens is 6. The molecule has 0 saturated carbocycles. The van der Waals surface area contributed by atoms with Crippen molar-refractivity contribution in [3.8, 4) is 11.4 Å². The monoisotopic (exact) mass is 286 g/mol. The van der Waals surface area contributed by atoms with Crippen LogP contribution in [0.5, 0.6) is 0 Å². The van der Waals surface area contributed by atoms with Crippen molar-refractivity contribution in [2.75, 3.05) is 0 Å². The van der Waals surface area contributed by atoms with E-state index in [2.05, 4.69) is 25.3 Å². The van der Waals surface area contributed by atoms with Gasteiger partial charge in [-0.15, -0.1) is 5.10 Å². The Morgan fingerprint density at radius 2 is 2.10 bits per heavy atom. The normalized spacial score (nSPS) is 11.4. The zero-order valence-electron chi connectivity index (χ0n) is 9.96. The Balaban J connectivity index is 2.11. The lowest BCUT2D eigenvalue weighted by molar-refractivity contribution is 0.881. The number of H-pyrrole nitrogens is 2. The molecule has 3 aromatic heterocycles. The lowest BCUT2D eigenvalue weighted by atomic mass is 10.2. The van der Waals surface area contributed by atoms with E-state index in [1.807, 2.05) is 12.1 Å². The lowest BCUT2D eigenvalue weighted by Crippen LogP contribution is -2.17. The van der Waals surface area contributed by atoms with Gasteiger partial charge in [0, 0.05) is 5.56 Å². The molecule has 4 rings (SSSR count). The average molecular weight is 287 g/mol. The van der Waals surface area contributed by atoms with Gasteiger partial charge in [-0.2, -0.15) is 9.61 Å². The van der Waals surface area contributed by atoms with Gasteiger partial charge in [0.05, 0.1) is 16.6 Å². The van der Waals surface area contributed by atoms with Crippen LogP contribution in [-0.4, -0.2) is 29.8 Å². The van der Waals surface area contributed by atoms with Crippen molar-refractivity contribution >= 4 is 28.3 Å². The molecule has 2 N–H and O–H groups in total. The molecule has 0 atom stereocenters. The van der Waals surface area contributed by atoms with Gasteiger partial charge in [0.1, 0.15) is 5.65 Å². The minimum absolute atomic E-state index is 0.387. The van der Waals surface area contributed by atoms with E-state index in [1.54, 1.807) is 18.3 Å². The van der Waals surface area contributed by atoms with E-state index >= 15 is 0 Å². The van der Waals surface area contributed by atoms with Crippen LogP contribution in [0.4, 0.5) is 0 Å². The average Bonchev–Trinajstić information content (AvgIpc) is 3.05. The van der Waals surface area contributed by atoms with Gasteiger partial charge in [-0.05, 0) is 12.1 Å². The number of aromatic amines is 2. The molecule has 0 bridgehead atoms. The predicted octanol–water partition coefficient (Wildman–Crippen LogP) is 1.61. The number of hydrogen-bond donors (Lipinski definition) is 2. The first-order valence-corrected chi connectivity index (χ1v) is 6.19. The molecule has 0 radical (unpaired) electrons. The van der Waals surface area contributed by atoms with Gasteiger partial charge in [-0.3, -0.25) is 10.1 Å². The molecule has 3 heterocycles. The molecule has 0 aliphatic heterocycles. The Bertz CT molecular complexity index is 998. The quantitative estimate of drug-likeness (QED) is 0.556. The Kier molecular flexibility index (Phi) is 2.19. The topological polar surface area (TPSA) is 91.7 Å². The summed E-state index contributed by atoms with van der Waals surface area (Å²) in [6, 6.07) is 7.21. The van der Waals surface area contributed by atoms with Crippen molar-refractivity contribution in [2.45, 2.75) is 0 Å². The number of nitrogens with one attached hydrogen (secondary N) is 2. The second kappa shape index (κ2) is 3.91. The molecule has 8 heteroatoms. The molecule has 0 aliphatic carbocycles. The molecule has 0 saturated heterocycles. The molecule has 7 nitrogen and oxygen atoms in total. The number of rotatable bonds is 1. The van der Waals surface area contributed by atoms with Crippen molar-refractivity contribution in [1.29, 1.82) is 0 Å². The fourth-order valence-electron chi connectivity index (χ4n) is 2.10. The van der Waals surface area contributed by atoms with Crippen LogP contribution in [0.3, 0.4) is 0 Å². The molecular weight excluding hydrogens is 280 g/mol. The van der Waals surface area contributed by atoms with Crippen molar-refractivity contribution in [1.82, 2.24) is 29.8 Å². The third kappa shape index (κ3) is 1.47. The number of hydrogen-bond acceptors (Lipinski definition) is 4. The lowest BCUT2D eigenvalue weighted by Gasteiger charge is -1.96. The zero-order chi connectivity index (χ0) is 13.7. The number of halogens is 1. The van der Waals surface area contributed by atoms with E-state index in [1.165, 1.54) is 4.52 Å². The van der Waals surface area contributed by atoms with Gasteiger partial charge in [0.2, 0.25) is 0 Å². The SMILES string of the molecule is O=c1[nH]c2[nH]ncc2c2nc(-c3ccccc3Cl)nn12. The maximum atomic E-state index is 11.9. The van der Waals surface area contributed by atoms with Gasteiger partial charge in [-0.1, -0.05) is 23.7 Å². The van der Waals surface area contributed by atoms with E-state index in [0.29, 0.717) is 33.1 Å². The second-order valence-corrected chi connectivity index (χ2v) is 4.65. The van der Waals surface area contributed by atoms with Gasteiger partial charge < -0.3 is 0 Å². The molecule has 0 spiro atoms. The summed E-state index contributed by atoms with van der Waals surface area (Å²) in [4.78, 5) is 19.0. The van der Waals surface area contributed by atoms with Crippen LogP contribution < -0.4 is 5.69 Å². The third-order valence-electron chi connectivity index (χ3n) is 3.03. The van der Waals surface area contributed by atoms with E-state index in [4.69, 9.17) is 11.6 Å². The molecule has 0 unspecified atom stereocenters. The van der Waals surface area contributed by atoms with Crippen LogP contribution in [0.15, 0.2) is 35.3 Å². The van der Waals surface area contributed by atoms with Gasteiger partial charge >= 0.3 is 5.69 Å². The largest absolute Gasteiger partial charge is 0.349 e. The first kappa shape index (κ1) is 11.2. The maximum absolute atomic E-state index is 11.9. The minimum atomic E-state index is -0.387. The van der Waals surface area contributed by atoms with E-state index in [0.717, 1.165) is 0 Å². The summed E-state index contributed by atoms with van der Waals surface area (Å²) in [7, 11) is 0. The highest BCUT2D eigenvalue weighted by molar-refractivity contribution is 6.33. The summed E-state index contributed by atoms with van der Waals surface area (Å²) >= 11 is 6.13. The fourth-order valence-corrected chi connectivity index (χ4v) is 2.32. The Labute approximate surface area is 116 Å². The van der Waals surface area contributed by atoms with Crippen LogP contribution in [0.1, 0.15) is 0 Å². The van der Waals surface area contributed by atoms with Crippen LogP contribution in [0.2, 0.25) is 5.02 Å². The number of fused-ring (bicyclic) bond motifs is 3. The number of benzene rings is 1.